The van der Waals surface area contributed by atoms with E-state index in [2.05, 4.69) is 24.5 Å². The van der Waals surface area contributed by atoms with Gasteiger partial charge in [0.25, 0.3) is 0 Å². The van der Waals surface area contributed by atoms with E-state index < -0.39 is 0 Å². The smallest absolute Gasteiger partial charge is 0.170 e. The summed E-state index contributed by atoms with van der Waals surface area (Å²) in [6.45, 7) is 5.48. The van der Waals surface area contributed by atoms with Crippen LogP contribution < -0.4 is 20.1 Å². The average Bonchev–Trinajstić information content (AvgIpc) is 2.38. The highest BCUT2D eigenvalue weighted by Gasteiger charge is 2.12. The van der Waals surface area contributed by atoms with Gasteiger partial charge in [-0.3, -0.25) is 0 Å². The Balaban J connectivity index is 1.93. The predicted molar refractivity (Wildman–Crippen MR) is 81.2 cm³/mol. The van der Waals surface area contributed by atoms with E-state index in [-0.39, 0.29) is 0 Å². The van der Waals surface area contributed by atoms with Gasteiger partial charge in [-0.05, 0) is 37.7 Å². The first kappa shape index (κ1) is 13.9. The number of nitrogens with one attached hydrogen (secondary N) is 2. The van der Waals surface area contributed by atoms with Gasteiger partial charge < -0.3 is 20.1 Å². The van der Waals surface area contributed by atoms with Crippen molar-refractivity contribution in [2.75, 3.05) is 18.5 Å². The zero-order valence-electron chi connectivity index (χ0n) is 11.4. The third-order valence-corrected chi connectivity index (χ3v) is 3.12. The molecule has 0 saturated heterocycles. The van der Waals surface area contributed by atoms with Gasteiger partial charge in [-0.2, -0.15) is 0 Å². The Bertz CT molecular complexity index is 451. The van der Waals surface area contributed by atoms with Gasteiger partial charge in [0.15, 0.2) is 16.6 Å². The molecule has 19 heavy (non-hydrogen) atoms. The summed E-state index contributed by atoms with van der Waals surface area (Å²) >= 11 is 5.29. The van der Waals surface area contributed by atoms with E-state index in [0.717, 1.165) is 30.0 Å². The van der Waals surface area contributed by atoms with Gasteiger partial charge in [0.05, 0.1) is 0 Å². The summed E-state index contributed by atoms with van der Waals surface area (Å²) in [5.41, 5.74) is 0.908. The number of thiocarbonyl (C=S) groups is 1. The monoisotopic (exact) mass is 280 g/mol. The van der Waals surface area contributed by atoms with Crippen molar-refractivity contribution in [3.63, 3.8) is 0 Å². The van der Waals surface area contributed by atoms with Crippen molar-refractivity contribution in [2.24, 2.45) is 0 Å². The van der Waals surface area contributed by atoms with Gasteiger partial charge in [0, 0.05) is 17.8 Å². The summed E-state index contributed by atoms with van der Waals surface area (Å²) in [6, 6.07) is 6.12. The van der Waals surface area contributed by atoms with Gasteiger partial charge in [-0.1, -0.05) is 13.3 Å². The minimum absolute atomic E-state index is 0.377. The van der Waals surface area contributed by atoms with Gasteiger partial charge >= 0.3 is 0 Å². The van der Waals surface area contributed by atoms with Crippen molar-refractivity contribution in [2.45, 2.75) is 32.7 Å². The first-order valence-electron chi connectivity index (χ1n) is 6.66. The molecule has 1 heterocycles. The summed E-state index contributed by atoms with van der Waals surface area (Å²) in [5.74, 6) is 1.55. The average molecular weight is 280 g/mol. The van der Waals surface area contributed by atoms with Crippen molar-refractivity contribution >= 4 is 23.0 Å². The molecule has 2 rings (SSSR count). The van der Waals surface area contributed by atoms with Crippen molar-refractivity contribution < 1.29 is 9.47 Å². The van der Waals surface area contributed by atoms with Crippen molar-refractivity contribution in [3.05, 3.63) is 18.2 Å². The van der Waals surface area contributed by atoms with E-state index >= 15 is 0 Å². The first-order chi connectivity index (χ1) is 9.19. The van der Waals surface area contributed by atoms with Crippen LogP contribution in [0.4, 0.5) is 5.69 Å². The molecule has 1 atom stereocenters. The lowest BCUT2D eigenvalue weighted by Gasteiger charge is -2.20. The maximum absolute atomic E-state index is 5.54. The molecule has 2 N–H and O–H groups in total. The van der Waals surface area contributed by atoms with Crippen LogP contribution in [-0.4, -0.2) is 24.4 Å². The highest BCUT2D eigenvalue weighted by atomic mass is 32.1. The number of fused-ring (bicyclic) bond motifs is 1. The zero-order chi connectivity index (χ0) is 13.7. The molecule has 0 aliphatic carbocycles. The molecule has 1 aliphatic rings. The van der Waals surface area contributed by atoms with Crippen LogP contribution in [0, 0.1) is 0 Å². The number of hydrogen-bond acceptors (Lipinski definition) is 3. The van der Waals surface area contributed by atoms with Gasteiger partial charge in [-0.25, -0.2) is 0 Å². The molecule has 0 fully saturated rings. The van der Waals surface area contributed by atoms with E-state index in [1.165, 1.54) is 0 Å². The molecule has 1 aromatic carbocycles. The number of rotatable bonds is 4. The van der Waals surface area contributed by atoms with E-state index in [1.807, 2.05) is 18.2 Å². The Labute approximate surface area is 119 Å². The van der Waals surface area contributed by atoms with Crippen molar-refractivity contribution in [1.82, 2.24) is 5.32 Å². The minimum Gasteiger partial charge on any atom is -0.486 e. The summed E-state index contributed by atoms with van der Waals surface area (Å²) in [5, 5.41) is 7.06. The molecule has 0 saturated carbocycles. The second kappa shape index (κ2) is 6.61. The molecule has 4 nitrogen and oxygen atoms in total. The lowest BCUT2D eigenvalue weighted by Crippen LogP contribution is -2.35. The number of benzene rings is 1. The van der Waals surface area contributed by atoms with Crippen LogP contribution >= 0.6 is 12.2 Å². The SMILES string of the molecule is CCC[C@@H](C)NC(=S)Nc1ccc2c(c1)OCCO2. The molecule has 0 aromatic heterocycles. The second-order valence-corrected chi connectivity index (χ2v) is 5.05. The highest BCUT2D eigenvalue weighted by molar-refractivity contribution is 7.80. The lowest BCUT2D eigenvalue weighted by atomic mass is 10.2. The fourth-order valence-corrected chi connectivity index (χ4v) is 2.34. The fraction of sp³-hybridized carbons (Fsp3) is 0.500. The Hall–Kier alpha value is -1.49. The molecule has 1 aromatic rings. The molecule has 104 valence electrons. The van der Waals surface area contributed by atoms with Crippen LogP contribution in [0.1, 0.15) is 26.7 Å². The van der Waals surface area contributed by atoms with Crippen LogP contribution in [0.2, 0.25) is 0 Å². The molecule has 0 radical (unpaired) electrons. The Kier molecular flexibility index (Phi) is 4.85. The zero-order valence-corrected chi connectivity index (χ0v) is 12.2. The minimum atomic E-state index is 0.377. The Morgan fingerprint density at radius 1 is 1.32 bits per heavy atom. The molecule has 0 amide bonds. The predicted octanol–water partition coefficient (Wildman–Crippen LogP) is 2.93. The molecular weight excluding hydrogens is 260 g/mol. The Morgan fingerprint density at radius 3 is 2.79 bits per heavy atom. The molecule has 0 bridgehead atoms. The van der Waals surface area contributed by atoms with Crippen molar-refractivity contribution in [3.8, 4) is 11.5 Å². The van der Waals surface area contributed by atoms with Crippen LogP contribution in [-0.2, 0) is 0 Å². The molecular formula is C14H20N2O2S. The maximum Gasteiger partial charge on any atom is 0.170 e. The molecule has 0 spiro atoms. The lowest BCUT2D eigenvalue weighted by molar-refractivity contribution is 0.171. The van der Waals surface area contributed by atoms with Crippen LogP contribution in [0.25, 0.3) is 0 Å². The Morgan fingerprint density at radius 2 is 2.05 bits per heavy atom. The van der Waals surface area contributed by atoms with E-state index in [9.17, 15) is 0 Å². The van der Waals surface area contributed by atoms with Crippen LogP contribution in [0.15, 0.2) is 18.2 Å². The number of hydrogen-bond donors (Lipinski definition) is 2. The normalized spacial score (nSPS) is 14.6. The first-order valence-corrected chi connectivity index (χ1v) is 7.07. The van der Waals surface area contributed by atoms with E-state index in [4.69, 9.17) is 21.7 Å². The van der Waals surface area contributed by atoms with Crippen LogP contribution in [0.5, 0.6) is 11.5 Å². The number of ether oxygens (including phenoxy) is 2. The largest absolute Gasteiger partial charge is 0.486 e. The van der Waals surface area contributed by atoms with E-state index in [1.54, 1.807) is 0 Å². The van der Waals surface area contributed by atoms with Gasteiger partial charge in [0.1, 0.15) is 13.2 Å². The molecule has 1 aliphatic heterocycles. The topological polar surface area (TPSA) is 42.5 Å². The summed E-state index contributed by atoms with van der Waals surface area (Å²) in [7, 11) is 0. The quantitative estimate of drug-likeness (QED) is 0.830. The van der Waals surface area contributed by atoms with Gasteiger partial charge in [-0.15, -0.1) is 0 Å². The molecule has 0 unspecified atom stereocenters. The third-order valence-electron chi connectivity index (χ3n) is 2.90. The van der Waals surface area contributed by atoms with Crippen molar-refractivity contribution in [1.29, 1.82) is 0 Å². The summed E-state index contributed by atoms with van der Waals surface area (Å²) < 4.78 is 11.0. The summed E-state index contributed by atoms with van der Waals surface area (Å²) in [6.07, 6.45) is 2.24. The number of anilines is 1. The van der Waals surface area contributed by atoms with Crippen LogP contribution in [0.3, 0.4) is 0 Å². The standard InChI is InChI=1S/C14H20N2O2S/c1-3-4-10(2)15-14(19)16-11-5-6-12-13(9-11)18-8-7-17-12/h5-6,9-10H,3-4,7-8H2,1-2H3,(H2,15,16,19)/t10-/m1/s1. The molecule has 5 heteroatoms. The fourth-order valence-electron chi connectivity index (χ4n) is 2.02. The summed E-state index contributed by atoms with van der Waals surface area (Å²) in [4.78, 5) is 0. The third kappa shape index (κ3) is 3.99. The maximum atomic E-state index is 5.54. The van der Waals surface area contributed by atoms with E-state index in [0.29, 0.717) is 24.4 Å². The second-order valence-electron chi connectivity index (χ2n) is 4.65. The highest BCUT2D eigenvalue weighted by Crippen LogP contribution is 2.32. The van der Waals surface area contributed by atoms with Gasteiger partial charge in [0.2, 0.25) is 0 Å².